The van der Waals surface area contributed by atoms with Crippen molar-refractivity contribution < 1.29 is 14.5 Å². The molecule has 2 rings (SSSR count). The van der Waals surface area contributed by atoms with Gasteiger partial charge in [-0.1, -0.05) is 23.4 Å². The van der Waals surface area contributed by atoms with Crippen molar-refractivity contribution in [1.82, 2.24) is 10.3 Å². The van der Waals surface area contributed by atoms with E-state index in [2.05, 4.69) is 10.4 Å². The Bertz CT molecular complexity index is 748. The maximum atomic E-state index is 11.7. The first kappa shape index (κ1) is 18.0. The summed E-state index contributed by atoms with van der Waals surface area (Å²) in [6, 6.07) is 5.82. The highest BCUT2D eigenvalue weighted by Gasteiger charge is 2.33. The number of nitro benzene ring substituents is 1. The molecule has 1 atom stereocenters. The summed E-state index contributed by atoms with van der Waals surface area (Å²) in [6.45, 7) is 2.67. The lowest BCUT2D eigenvalue weighted by molar-refractivity contribution is -0.384. The van der Waals surface area contributed by atoms with Crippen molar-refractivity contribution in [3.8, 4) is 0 Å². The number of benzene rings is 1. The van der Waals surface area contributed by atoms with Gasteiger partial charge in [-0.15, -0.1) is 5.10 Å². The van der Waals surface area contributed by atoms with Gasteiger partial charge in [-0.2, -0.15) is 0 Å². The molecule has 1 heterocycles. The van der Waals surface area contributed by atoms with E-state index in [1.165, 1.54) is 31.0 Å². The van der Waals surface area contributed by atoms with Gasteiger partial charge in [-0.05, 0) is 23.8 Å². The summed E-state index contributed by atoms with van der Waals surface area (Å²) in [5.74, 6) is -0.635. The Hall–Kier alpha value is -2.39. The van der Waals surface area contributed by atoms with E-state index in [4.69, 9.17) is 11.6 Å². The van der Waals surface area contributed by atoms with Gasteiger partial charge in [0.1, 0.15) is 5.37 Å². The molecule has 1 aliphatic rings. The highest BCUT2D eigenvalue weighted by atomic mass is 35.5. The zero-order chi connectivity index (χ0) is 17.9. The molecule has 8 nitrogen and oxygen atoms in total. The van der Waals surface area contributed by atoms with Crippen LogP contribution in [0.3, 0.4) is 0 Å². The second kappa shape index (κ2) is 7.45. The number of nitrogens with one attached hydrogen (secondary N) is 1. The van der Waals surface area contributed by atoms with Crippen LogP contribution in [0.25, 0.3) is 6.08 Å². The molecule has 0 aliphatic carbocycles. The third-order valence-electron chi connectivity index (χ3n) is 2.89. The Balaban J connectivity index is 2.21. The first-order chi connectivity index (χ1) is 11.3. The molecule has 0 saturated heterocycles. The number of thioether (sulfide) groups is 1. The van der Waals surface area contributed by atoms with Gasteiger partial charge in [0.05, 0.1) is 9.96 Å². The smallest absolute Gasteiger partial charge is 0.269 e. The van der Waals surface area contributed by atoms with Crippen molar-refractivity contribution in [2.75, 3.05) is 0 Å². The van der Waals surface area contributed by atoms with Crippen LogP contribution in [0, 0.1) is 10.1 Å². The van der Waals surface area contributed by atoms with Crippen LogP contribution in [0.2, 0.25) is 0 Å². The summed E-state index contributed by atoms with van der Waals surface area (Å²) in [6.07, 6.45) is 1.59. The number of carbonyl (C=O) groups excluding carboxylic acids is 2. The van der Waals surface area contributed by atoms with Gasteiger partial charge in [0, 0.05) is 26.0 Å². The first-order valence-corrected chi connectivity index (χ1v) is 7.98. The molecule has 0 aromatic heterocycles. The molecular weight excluding hydrogens is 356 g/mol. The molecule has 0 saturated carbocycles. The molecule has 0 bridgehead atoms. The summed E-state index contributed by atoms with van der Waals surface area (Å²) < 4.78 is 0. The monoisotopic (exact) mass is 368 g/mol. The van der Waals surface area contributed by atoms with Crippen LogP contribution in [-0.4, -0.2) is 32.3 Å². The fraction of sp³-hybridized carbons (Fsp3) is 0.214. The first-order valence-electron chi connectivity index (χ1n) is 6.72. The number of amidine groups is 1. The van der Waals surface area contributed by atoms with E-state index in [1.807, 2.05) is 0 Å². The van der Waals surface area contributed by atoms with Crippen LogP contribution >= 0.6 is 23.4 Å². The van der Waals surface area contributed by atoms with Crippen molar-refractivity contribution in [2.45, 2.75) is 19.2 Å². The van der Waals surface area contributed by atoms with Gasteiger partial charge in [0.25, 0.3) is 5.69 Å². The number of nitrogens with zero attached hydrogens (tertiary/aromatic N) is 3. The number of carbonyl (C=O) groups is 2. The van der Waals surface area contributed by atoms with Crippen LogP contribution in [0.1, 0.15) is 19.4 Å². The topological polar surface area (TPSA) is 105 Å². The number of rotatable bonds is 3. The molecule has 2 amide bonds. The Morgan fingerprint density at radius 1 is 1.38 bits per heavy atom. The minimum atomic E-state index is -0.610. The number of nitro groups is 1. The SMILES string of the molecule is CC(=O)NC1=NN(C(C)=O)C(/C(Cl)=C/c2ccc([N+](=O)[O-])cc2)S1. The van der Waals surface area contributed by atoms with Crippen molar-refractivity contribution in [3.63, 3.8) is 0 Å². The normalized spacial score (nSPS) is 17.5. The zero-order valence-corrected chi connectivity index (χ0v) is 14.3. The van der Waals surface area contributed by atoms with Crippen LogP contribution in [0.5, 0.6) is 0 Å². The van der Waals surface area contributed by atoms with Crippen LogP contribution in [0.15, 0.2) is 34.4 Å². The van der Waals surface area contributed by atoms with Crippen molar-refractivity contribution in [2.24, 2.45) is 5.10 Å². The second-order valence-corrected chi connectivity index (χ2v) is 6.30. The molecule has 1 aromatic carbocycles. The molecule has 126 valence electrons. The molecule has 0 radical (unpaired) electrons. The van der Waals surface area contributed by atoms with E-state index in [0.717, 1.165) is 11.8 Å². The third kappa shape index (κ3) is 4.33. The van der Waals surface area contributed by atoms with Crippen LogP contribution in [-0.2, 0) is 9.59 Å². The maximum absolute atomic E-state index is 11.7. The quantitative estimate of drug-likeness (QED) is 0.651. The van der Waals surface area contributed by atoms with Gasteiger partial charge in [0.15, 0.2) is 5.17 Å². The third-order valence-corrected chi connectivity index (χ3v) is 4.42. The van der Waals surface area contributed by atoms with Crippen LogP contribution in [0.4, 0.5) is 5.69 Å². The average molecular weight is 369 g/mol. The minimum Gasteiger partial charge on any atom is -0.304 e. The van der Waals surface area contributed by atoms with Gasteiger partial charge >= 0.3 is 0 Å². The molecule has 1 aromatic rings. The van der Waals surface area contributed by atoms with E-state index >= 15 is 0 Å². The molecule has 10 heteroatoms. The minimum absolute atomic E-state index is 0.0276. The predicted octanol–water partition coefficient (Wildman–Crippen LogP) is 2.50. The maximum Gasteiger partial charge on any atom is 0.269 e. The second-order valence-electron chi connectivity index (χ2n) is 4.80. The molecule has 0 fully saturated rings. The fourth-order valence-corrected chi connectivity index (χ4v) is 3.24. The highest BCUT2D eigenvalue weighted by Crippen LogP contribution is 2.33. The van der Waals surface area contributed by atoms with Gasteiger partial charge in [0.2, 0.25) is 11.8 Å². The van der Waals surface area contributed by atoms with Crippen molar-refractivity contribution >= 4 is 52.1 Å². The van der Waals surface area contributed by atoms with Crippen LogP contribution < -0.4 is 5.32 Å². The number of halogens is 1. The molecule has 1 unspecified atom stereocenters. The molecular formula is C14H13ClN4O4S. The number of hydrogen-bond donors (Lipinski definition) is 1. The molecule has 1 N–H and O–H groups in total. The lowest BCUT2D eigenvalue weighted by atomic mass is 10.2. The van der Waals surface area contributed by atoms with Gasteiger partial charge < -0.3 is 5.32 Å². The molecule has 0 spiro atoms. The lowest BCUT2D eigenvalue weighted by Gasteiger charge is -2.18. The Morgan fingerprint density at radius 3 is 2.50 bits per heavy atom. The van der Waals surface area contributed by atoms with E-state index in [-0.39, 0.29) is 22.7 Å². The van der Waals surface area contributed by atoms with E-state index in [1.54, 1.807) is 18.2 Å². The number of hydrogen-bond acceptors (Lipinski definition) is 6. The number of hydrazone groups is 1. The largest absolute Gasteiger partial charge is 0.304 e. The van der Waals surface area contributed by atoms with Crippen molar-refractivity contribution in [1.29, 1.82) is 0 Å². The number of non-ortho nitro benzene ring substituents is 1. The summed E-state index contributed by atoms with van der Waals surface area (Å²) in [5.41, 5.74) is 0.614. The molecule has 24 heavy (non-hydrogen) atoms. The van der Waals surface area contributed by atoms with Crippen molar-refractivity contribution in [3.05, 3.63) is 45.0 Å². The Kier molecular flexibility index (Phi) is 5.58. The van der Waals surface area contributed by atoms with E-state index < -0.39 is 10.3 Å². The zero-order valence-electron chi connectivity index (χ0n) is 12.7. The lowest BCUT2D eigenvalue weighted by Crippen LogP contribution is -2.29. The van der Waals surface area contributed by atoms with E-state index in [0.29, 0.717) is 10.6 Å². The van der Waals surface area contributed by atoms with Gasteiger partial charge in [-0.25, -0.2) is 5.01 Å². The Labute approximate surface area is 146 Å². The summed E-state index contributed by atoms with van der Waals surface area (Å²) >= 11 is 7.42. The summed E-state index contributed by atoms with van der Waals surface area (Å²) in [7, 11) is 0. The number of amides is 2. The molecule has 1 aliphatic heterocycles. The fourth-order valence-electron chi connectivity index (χ4n) is 1.87. The summed E-state index contributed by atoms with van der Waals surface area (Å²) in [5, 5.41) is 18.3. The predicted molar refractivity (Wildman–Crippen MR) is 92.1 cm³/mol. The van der Waals surface area contributed by atoms with E-state index in [9.17, 15) is 19.7 Å². The summed E-state index contributed by atoms with van der Waals surface area (Å²) in [4.78, 5) is 33.0. The standard InChI is InChI=1S/C14H13ClN4O4S/c1-8(20)16-14-17-18(9(2)21)13(24-14)12(15)7-10-3-5-11(6-4-10)19(22)23/h3-7,13H,1-2H3,(H,16,17,20)/b12-7-. The average Bonchev–Trinajstić information content (AvgIpc) is 2.91. The Morgan fingerprint density at radius 2 is 2.00 bits per heavy atom. The van der Waals surface area contributed by atoms with Gasteiger partial charge in [-0.3, -0.25) is 19.7 Å². The highest BCUT2D eigenvalue weighted by molar-refractivity contribution is 8.14.